The molecule has 1 N–H and O–H groups in total. The molecule has 4 rings (SSSR count). The van der Waals surface area contributed by atoms with Crippen LogP contribution in [0.2, 0.25) is 0 Å². The lowest BCUT2D eigenvalue weighted by Gasteiger charge is -2.34. The summed E-state index contributed by atoms with van der Waals surface area (Å²) in [4.78, 5) is 33.5. The van der Waals surface area contributed by atoms with E-state index < -0.39 is 11.7 Å². The molecule has 2 aromatic carbocycles. The van der Waals surface area contributed by atoms with Gasteiger partial charge in [0.25, 0.3) is 5.91 Å². The van der Waals surface area contributed by atoms with Gasteiger partial charge in [0.15, 0.2) is 5.13 Å². The lowest BCUT2D eigenvalue weighted by molar-refractivity contribution is -0.132. The Morgan fingerprint density at radius 2 is 1.88 bits per heavy atom. The fourth-order valence-corrected chi connectivity index (χ4v) is 4.45. The van der Waals surface area contributed by atoms with Crippen LogP contribution < -0.4 is 5.32 Å². The van der Waals surface area contributed by atoms with E-state index in [1.807, 2.05) is 4.90 Å². The second kappa shape index (κ2) is 10.0. The topological polar surface area (TPSA) is 65.5 Å². The van der Waals surface area contributed by atoms with Gasteiger partial charge in [-0.1, -0.05) is 42.0 Å². The lowest BCUT2D eigenvalue weighted by Crippen LogP contribution is -2.48. The smallest absolute Gasteiger partial charge is 0.260 e. The van der Waals surface area contributed by atoms with E-state index >= 15 is 0 Å². The SMILES string of the molecule is Cc1cccc(CN2CCN(C(=O)Cc3csc(NC(=O)c4ccccc4F)n3)CC2)c1. The highest BCUT2D eigenvalue weighted by molar-refractivity contribution is 7.14. The minimum absolute atomic E-state index is 0.0254. The van der Waals surface area contributed by atoms with Gasteiger partial charge in [0.2, 0.25) is 5.91 Å². The van der Waals surface area contributed by atoms with E-state index in [0.29, 0.717) is 23.9 Å². The molecule has 0 atom stereocenters. The van der Waals surface area contributed by atoms with E-state index in [-0.39, 0.29) is 17.9 Å². The molecular weight excluding hydrogens is 427 g/mol. The highest BCUT2D eigenvalue weighted by Crippen LogP contribution is 2.19. The van der Waals surface area contributed by atoms with Crippen molar-refractivity contribution in [3.05, 3.63) is 82.1 Å². The van der Waals surface area contributed by atoms with Gasteiger partial charge in [0.05, 0.1) is 17.7 Å². The molecule has 0 bridgehead atoms. The van der Waals surface area contributed by atoms with Gasteiger partial charge in [-0.05, 0) is 24.6 Å². The molecule has 1 aromatic heterocycles. The van der Waals surface area contributed by atoms with Gasteiger partial charge < -0.3 is 4.90 Å². The summed E-state index contributed by atoms with van der Waals surface area (Å²) in [5.41, 5.74) is 3.11. The number of rotatable bonds is 6. The minimum atomic E-state index is -0.585. The van der Waals surface area contributed by atoms with Gasteiger partial charge >= 0.3 is 0 Å². The van der Waals surface area contributed by atoms with Crippen LogP contribution in [0.3, 0.4) is 0 Å². The first kappa shape index (κ1) is 22.1. The number of carbonyl (C=O) groups excluding carboxylic acids is 2. The molecule has 32 heavy (non-hydrogen) atoms. The second-order valence-corrected chi connectivity index (χ2v) is 8.76. The molecule has 1 fully saturated rings. The first-order chi connectivity index (χ1) is 15.5. The van der Waals surface area contributed by atoms with Crippen molar-refractivity contribution < 1.29 is 14.0 Å². The number of aryl methyl sites for hydroxylation is 1. The fraction of sp³-hybridized carbons (Fsp3) is 0.292. The number of piperazine rings is 1. The van der Waals surface area contributed by atoms with Crippen molar-refractivity contribution in [1.82, 2.24) is 14.8 Å². The number of nitrogens with one attached hydrogen (secondary N) is 1. The lowest BCUT2D eigenvalue weighted by atomic mass is 10.1. The van der Waals surface area contributed by atoms with Crippen LogP contribution >= 0.6 is 11.3 Å². The van der Waals surface area contributed by atoms with Crippen LogP contribution in [-0.2, 0) is 17.8 Å². The monoisotopic (exact) mass is 452 g/mol. The van der Waals surface area contributed by atoms with Crippen LogP contribution in [0.1, 0.15) is 27.2 Å². The second-order valence-electron chi connectivity index (χ2n) is 7.90. The van der Waals surface area contributed by atoms with Gasteiger partial charge in [-0.15, -0.1) is 11.3 Å². The van der Waals surface area contributed by atoms with Gasteiger partial charge in [-0.3, -0.25) is 19.8 Å². The molecule has 0 unspecified atom stereocenters. The molecule has 1 saturated heterocycles. The molecule has 0 aliphatic carbocycles. The summed E-state index contributed by atoms with van der Waals surface area (Å²) in [7, 11) is 0. The molecular formula is C24H25FN4O2S. The highest BCUT2D eigenvalue weighted by atomic mass is 32.1. The zero-order valence-corrected chi connectivity index (χ0v) is 18.7. The number of thiazole rings is 1. The predicted octanol–water partition coefficient (Wildman–Crippen LogP) is 3.73. The number of aromatic nitrogens is 1. The van der Waals surface area contributed by atoms with Crippen molar-refractivity contribution in [2.45, 2.75) is 19.9 Å². The molecule has 0 radical (unpaired) electrons. The molecule has 1 aliphatic rings. The summed E-state index contributed by atoms with van der Waals surface area (Å²) >= 11 is 1.23. The Morgan fingerprint density at radius 1 is 1.09 bits per heavy atom. The van der Waals surface area contributed by atoms with E-state index in [9.17, 15) is 14.0 Å². The van der Waals surface area contributed by atoms with E-state index in [2.05, 4.69) is 46.4 Å². The zero-order valence-electron chi connectivity index (χ0n) is 17.9. The molecule has 6 nitrogen and oxygen atoms in total. The Bertz CT molecular complexity index is 1110. The number of hydrogen-bond acceptors (Lipinski definition) is 5. The van der Waals surface area contributed by atoms with Crippen LogP contribution in [-0.4, -0.2) is 52.8 Å². The molecule has 0 saturated carbocycles. The Balaban J connectivity index is 1.26. The standard InChI is InChI=1S/C24H25FN4O2S/c1-17-5-4-6-18(13-17)15-28-9-11-29(12-10-28)22(30)14-19-16-32-24(26-19)27-23(31)20-7-2-3-8-21(20)25/h2-8,13,16H,9-12,14-15H2,1H3,(H,26,27,31). The Morgan fingerprint density at radius 3 is 2.62 bits per heavy atom. The zero-order chi connectivity index (χ0) is 22.5. The molecule has 0 spiro atoms. The maximum Gasteiger partial charge on any atom is 0.260 e. The van der Waals surface area contributed by atoms with Crippen molar-refractivity contribution in [1.29, 1.82) is 0 Å². The van der Waals surface area contributed by atoms with Crippen molar-refractivity contribution in [3.8, 4) is 0 Å². The molecule has 1 aliphatic heterocycles. The average Bonchev–Trinajstić information content (AvgIpc) is 3.21. The summed E-state index contributed by atoms with van der Waals surface area (Å²) in [6.45, 7) is 6.02. The minimum Gasteiger partial charge on any atom is -0.340 e. The molecule has 3 aromatic rings. The number of benzene rings is 2. The van der Waals surface area contributed by atoms with E-state index in [1.165, 1.54) is 40.7 Å². The number of carbonyl (C=O) groups is 2. The van der Waals surface area contributed by atoms with Crippen molar-refractivity contribution in [3.63, 3.8) is 0 Å². The summed E-state index contributed by atoms with van der Waals surface area (Å²) in [5.74, 6) is -1.11. The third kappa shape index (κ3) is 5.57. The number of nitrogens with zero attached hydrogens (tertiary/aromatic N) is 3. The number of amides is 2. The number of halogens is 1. The van der Waals surface area contributed by atoms with E-state index in [0.717, 1.165) is 19.6 Å². The Kier molecular flexibility index (Phi) is 6.92. The maximum absolute atomic E-state index is 13.8. The van der Waals surface area contributed by atoms with Gasteiger partial charge in [-0.25, -0.2) is 9.37 Å². The quantitative estimate of drug-likeness (QED) is 0.619. The molecule has 2 heterocycles. The average molecular weight is 453 g/mol. The van der Waals surface area contributed by atoms with Gasteiger partial charge in [0, 0.05) is 38.1 Å². The largest absolute Gasteiger partial charge is 0.340 e. The summed E-state index contributed by atoms with van der Waals surface area (Å²) in [5, 5.41) is 4.71. The molecule has 8 heteroatoms. The summed E-state index contributed by atoms with van der Waals surface area (Å²) in [6, 6.07) is 14.3. The van der Waals surface area contributed by atoms with Gasteiger partial charge in [-0.2, -0.15) is 0 Å². The van der Waals surface area contributed by atoms with Crippen LogP contribution in [0.25, 0.3) is 0 Å². The van der Waals surface area contributed by atoms with Crippen LogP contribution in [0, 0.1) is 12.7 Å². The Hall–Kier alpha value is -3.10. The summed E-state index contributed by atoms with van der Waals surface area (Å²) < 4.78 is 13.8. The van der Waals surface area contributed by atoms with Crippen LogP contribution in [0.4, 0.5) is 9.52 Å². The molecule has 166 valence electrons. The first-order valence-electron chi connectivity index (χ1n) is 10.5. The van der Waals surface area contributed by atoms with Crippen LogP contribution in [0.15, 0.2) is 53.9 Å². The normalized spacial score (nSPS) is 14.4. The summed E-state index contributed by atoms with van der Waals surface area (Å²) in [6.07, 6.45) is 0.184. The Labute approximate surface area is 190 Å². The van der Waals surface area contributed by atoms with Crippen molar-refractivity contribution >= 4 is 28.3 Å². The van der Waals surface area contributed by atoms with E-state index in [1.54, 1.807) is 11.4 Å². The number of anilines is 1. The van der Waals surface area contributed by atoms with Crippen molar-refractivity contribution in [2.24, 2.45) is 0 Å². The van der Waals surface area contributed by atoms with Crippen molar-refractivity contribution in [2.75, 3.05) is 31.5 Å². The fourth-order valence-electron chi connectivity index (χ4n) is 3.75. The first-order valence-corrected chi connectivity index (χ1v) is 11.4. The van der Waals surface area contributed by atoms with E-state index in [4.69, 9.17) is 0 Å². The third-order valence-electron chi connectivity index (χ3n) is 5.44. The van der Waals surface area contributed by atoms with Crippen LogP contribution in [0.5, 0.6) is 0 Å². The van der Waals surface area contributed by atoms with Gasteiger partial charge in [0.1, 0.15) is 5.82 Å². The predicted molar refractivity (Wildman–Crippen MR) is 123 cm³/mol. The third-order valence-corrected chi connectivity index (χ3v) is 6.24. The maximum atomic E-state index is 13.8. The highest BCUT2D eigenvalue weighted by Gasteiger charge is 2.22. The molecule has 2 amide bonds. The number of hydrogen-bond donors (Lipinski definition) is 1.